The van der Waals surface area contributed by atoms with Gasteiger partial charge in [0.15, 0.2) is 0 Å². The zero-order valence-electron chi connectivity index (χ0n) is 18.8. The Bertz CT molecular complexity index is 665. The number of piperidine rings is 2. The third kappa shape index (κ3) is 3.34. The molecule has 5 heteroatoms. The van der Waals surface area contributed by atoms with Crippen molar-refractivity contribution in [2.24, 2.45) is 23.2 Å². The molecular weight excluding hydrogens is 376 g/mol. The minimum atomic E-state index is 0.0869. The minimum absolute atomic E-state index is 0.0869. The Labute approximate surface area is 181 Å². The SMILES string of the molecule is C[C@]12CCC[C@]3(CO3)[C@H]1C[C@H]1[C@@H](C2)OC(=O)[C@@H]1CN1CCC(N2CCCCC2)CC1. The highest BCUT2D eigenvalue weighted by Gasteiger charge is 2.65. The molecule has 0 aromatic heterocycles. The lowest BCUT2D eigenvalue weighted by Crippen LogP contribution is -2.52. The van der Waals surface area contributed by atoms with E-state index in [0.29, 0.717) is 17.3 Å². The zero-order valence-corrected chi connectivity index (χ0v) is 18.8. The summed E-state index contributed by atoms with van der Waals surface area (Å²) in [5.74, 6) is 1.22. The second kappa shape index (κ2) is 7.45. The van der Waals surface area contributed by atoms with Gasteiger partial charge < -0.3 is 19.3 Å². The summed E-state index contributed by atoms with van der Waals surface area (Å²) in [6, 6.07) is 0.773. The fourth-order valence-corrected chi connectivity index (χ4v) is 8.19. The number of carbonyl (C=O) groups excluding carboxylic acids is 1. The predicted octanol–water partition coefficient (Wildman–Crippen LogP) is 3.46. The molecule has 2 aliphatic carbocycles. The van der Waals surface area contributed by atoms with Crippen molar-refractivity contribution in [3.63, 3.8) is 0 Å². The van der Waals surface area contributed by atoms with Crippen LogP contribution >= 0.6 is 0 Å². The number of carbonyl (C=O) groups is 1. The van der Waals surface area contributed by atoms with Crippen molar-refractivity contribution < 1.29 is 14.3 Å². The first-order chi connectivity index (χ1) is 14.6. The number of fused-ring (bicyclic) bond motifs is 3. The molecule has 0 N–H and O–H groups in total. The van der Waals surface area contributed by atoms with Crippen LogP contribution in [0.25, 0.3) is 0 Å². The lowest BCUT2D eigenvalue weighted by Gasteiger charge is -2.51. The van der Waals surface area contributed by atoms with E-state index in [1.165, 1.54) is 64.5 Å². The maximum absolute atomic E-state index is 12.9. The molecule has 4 heterocycles. The highest BCUT2D eigenvalue weighted by Crippen LogP contribution is 2.62. The van der Waals surface area contributed by atoms with Gasteiger partial charge in [0.1, 0.15) is 6.10 Å². The summed E-state index contributed by atoms with van der Waals surface area (Å²) in [4.78, 5) is 18.2. The van der Waals surface area contributed by atoms with Crippen LogP contribution in [0.3, 0.4) is 0 Å². The van der Waals surface area contributed by atoms with Crippen molar-refractivity contribution >= 4 is 5.97 Å². The highest BCUT2D eigenvalue weighted by atomic mass is 16.6. The Kier molecular flexibility index (Phi) is 4.97. The van der Waals surface area contributed by atoms with Gasteiger partial charge in [-0.15, -0.1) is 0 Å². The van der Waals surface area contributed by atoms with Gasteiger partial charge in [0, 0.05) is 18.5 Å². The number of hydrogen-bond donors (Lipinski definition) is 0. The summed E-state index contributed by atoms with van der Waals surface area (Å²) in [5.41, 5.74) is 0.457. The van der Waals surface area contributed by atoms with Gasteiger partial charge in [0.25, 0.3) is 0 Å². The Morgan fingerprint density at radius 2 is 1.80 bits per heavy atom. The summed E-state index contributed by atoms with van der Waals surface area (Å²) < 4.78 is 12.1. The molecule has 6 fully saturated rings. The average molecular weight is 417 g/mol. The Morgan fingerprint density at radius 3 is 2.53 bits per heavy atom. The number of nitrogens with zero attached hydrogens (tertiary/aromatic N) is 2. The molecule has 4 saturated heterocycles. The summed E-state index contributed by atoms with van der Waals surface area (Å²) in [7, 11) is 0. The van der Waals surface area contributed by atoms with Crippen molar-refractivity contribution in [1.29, 1.82) is 0 Å². The fourth-order valence-electron chi connectivity index (χ4n) is 8.19. The van der Waals surface area contributed by atoms with Gasteiger partial charge >= 0.3 is 5.97 Å². The Balaban J connectivity index is 1.10. The van der Waals surface area contributed by atoms with Crippen LogP contribution in [0.4, 0.5) is 0 Å². The molecule has 6 aliphatic rings. The van der Waals surface area contributed by atoms with Gasteiger partial charge in [0.2, 0.25) is 0 Å². The van der Waals surface area contributed by atoms with Gasteiger partial charge in [-0.25, -0.2) is 0 Å². The molecule has 4 aliphatic heterocycles. The molecule has 0 unspecified atom stereocenters. The first kappa shape index (κ1) is 20.0. The average Bonchev–Trinajstić information content (AvgIpc) is 3.46. The summed E-state index contributed by atoms with van der Waals surface area (Å²) in [5, 5.41) is 0. The van der Waals surface area contributed by atoms with Crippen LogP contribution in [-0.2, 0) is 14.3 Å². The van der Waals surface area contributed by atoms with Crippen LogP contribution < -0.4 is 0 Å². The van der Waals surface area contributed by atoms with Crippen molar-refractivity contribution in [3.05, 3.63) is 0 Å². The van der Waals surface area contributed by atoms with E-state index >= 15 is 0 Å². The molecule has 30 heavy (non-hydrogen) atoms. The van der Waals surface area contributed by atoms with E-state index in [1.807, 2.05) is 0 Å². The molecule has 0 aromatic carbocycles. The first-order valence-corrected chi connectivity index (χ1v) is 12.9. The number of esters is 1. The lowest BCUT2D eigenvalue weighted by molar-refractivity contribution is -0.147. The van der Waals surface area contributed by atoms with E-state index in [-0.39, 0.29) is 23.6 Å². The smallest absolute Gasteiger partial charge is 0.310 e. The van der Waals surface area contributed by atoms with Crippen molar-refractivity contribution in [2.45, 2.75) is 88.9 Å². The van der Waals surface area contributed by atoms with Gasteiger partial charge in [-0.1, -0.05) is 13.3 Å². The second-order valence-corrected chi connectivity index (χ2v) is 11.7. The van der Waals surface area contributed by atoms with Crippen LogP contribution in [0, 0.1) is 23.2 Å². The number of rotatable bonds is 3. The van der Waals surface area contributed by atoms with Crippen molar-refractivity contribution in [1.82, 2.24) is 9.80 Å². The molecule has 1 spiro atoms. The van der Waals surface area contributed by atoms with E-state index in [0.717, 1.165) is 45.1 Å². The topological polar surface area (TPSA) is 45.3 Å². The monoisotopic (exact) mass is 416 g/mol. The predicted molar refractivity (Wildman–Crippen MR) is 115 cm³/mol. The standard InChI is InChI=1S/C25H40N2O3/c1-24-8-5-9-25(17-29-25)22(24)14-19-20(23(28)30-21(19)15-24)16-26-12-6-18(7-13-26)27-10-3-2-4-11-27/h18-22H,2-17H2,1H3/t19-,20-,21-,22+,24-,25+/m1/s1. The van der Waals surface area contributed by atoms with Crippen LogP contribution in [-0.4, -0.2) is 72.8 Å². The van der Waals surface area contributed by atoms with E-state index in [9.17, 15) is 4.79 Å². The highest BCUT2D eigenvalue weighted by molar-refractivity contribution is 5.75. The second-order valence-electron chi connectivity index (χ2n) is 11.7. The largest absolute Gasteiger partial charge is 0.462 e. The third-order valence-corrected chi connectivity index (χ3v) is 10.00. The van der Waals surface area contributed by atoms with E-state index in [2.05, 4.69) is 16.7 Å². The molecule has 2 saturated carbocycles. The zero-order chi connectivity index (χ0) is 20.3. The molecule has 168 valence electrons. The van der Waals surface area contributed by atoms with E-state index in [4.69, 9.17) is 9.47 Å². The summed E-state index contributed by atoms with van der Waals surface area (Å²) >= 11 is 0. The molecule has 0 bridgehead atoms. The third-order valence-electron chi connectivity index (χ3n) is 10.00. The first-order valence-electron chi connectivity index (χ1n) is 12.9. The van der Waals surface area contributed by atoms with Gasteiger partial charge in [-0.05, 0) is 95.3 Å². The van der Waals surface area contributed by atoms with Crippen LogP contribution in [0.1, 0.15) is 71.1 Å². The fraction of sp³-hybridized carbons (Fsp3) is 0.960. The quantitative estimate of drug-likeness (QED) is 0.521. The van der Waals surface area contributed by atoms with Crippen molar-refractivity contribution in [2.75, 3.05) is 39.3 Å². The van der Waals surface area contributed by atoms with Gasteiger partial charge in [-0.2, -0.15) is 0 Å². The van der Waals surface area contributed by atoms with Gasteiger partial charge in [0.05, 0.1) is 18.1 Å². The molecule has 5 nitrogen and oxygen atoms in total. The minimum Gasteiger partial charge on any atom is -0.462 e. The van der Waals surface area contributed by atoms with E-state index in [1.54, 1.807) is 0 Å². The Morgan fingerprint density at radius 1 is 1.03 bits per heavy atom. The number of ether oxygens (including phenoxy) is 2. The molecular formula is C25H40N2O3. The van der Waals surface area contributed by atoms with Crippen molar-refractivity contribution in [3.8, 4) is 0 Å². The van der Waals surface area contributed by atoms with Gasteiger partial charge in [-0.3, -0.25) is 4.79 Å². The summed E-state index contributed by atoms with van der Waals surface area (Å²) in [6.07, 6.45) is 12.8. The van der Waals surface area contributed by atoms with Crippen LogP contribution in [0.2, 0.25) is 0 Å². The normalized spacial score (nSPS) is 47.7. The lowest BCUT2D eigenvalue weighted by atomic mass is 9.53. The maximum Gasteiger partial charge on any atom is 0.310 e. The molecule has 0 aromatic rings. The molecule has 0 amide bonds. The van der Waals surface area contributed by atoms with E-state index < -0.39 is 0 Å². The summed E-state index contributed by atoms with van der Waals surface area (Å²) in [6.45, 7) is 9.22. The molecule has 0 radical (unpaired) electrons. The molecule has 6 atom stereocenters. The molecule has 6 rings (SSSR count). The Hall–Kier alpha value is -0.650. The van der Waals surface area contributed by atoms with Crippen LogP contribution in [0.15, 0.2) is 0 Å². The van der Waals surface area contributed by atoms with Crippen LogP contribution in [0.5, 0.6) is 0 Å². The number of hydrogen-bond acceptors (Lipinski definition) is 5. The number of likely N-dealkylation sites (tertiary alicyclic amines) is 2. The maximum atomic E-state index is 12.9. The number of epoxide rings is 1.